The summed E-state index contributed by atoms with van der Waals surface area (Å²) in [6, 6.07) is 5.17. The third-order valence-corrected chi connectivity index (χ3v) is 4.10. The van der Waals surface area contributed by atoms with Crippen LogP contribution in [0.2, 0.25) is 0 Å². The van der Waals surface area contributed by atoms with E-state index in [1.54, 1.807) is 14.0 Å². The number of phosphoric ester groups is 1. The minimum Gasteiger partial charge on any atom is -0.505 e. The van der Waals surface area contributed by atoms with E-state index in [1.807, 2.05) is 26.0 Å². The Labute approximate surface area is 151 Å². The third kappa shape index (κ3) is 5.12. The van der Waals surface area contributed by atoms with Crippen LogP contribution in [0.25, 0.3) is 0 Å². The highest BCUT2D eigenvalue weighted by Crippen LogP contribution is 2.37. The fourth-order valence-electron chi connectivity index (χ4n) is 2.55. The van der Waals surface area contributed by atoms with Crippen molar-refractivity contribution < 1.29 is 28.7 Å². The van der Waals surface area contributed by atoms with Crippen LogP contribution in [0, 0.1) is 20.8 Å². The van der Waals surface area contributed by atoms with Gasteiger partial charge in [-0.3, -0.25) is 14.5 Å². The van der Waals surface area contributed by atoms with Crippen molar-refractivity contribution in [3.63, 3.8) is 0 Å². The Morgan fingerprint density at radius 3 is 2.35 bits per heavy atom. The lowest BCUT2D eigenvalue weighted by Crippen LogP contribution is -1.99. The van der Waals surface area contributed by atoms with Crippen LogP contribution in [0.1, 0.15) is 28.1 Å². The van der Waals surface area contributed by atoms with Crippen molar-refractivity contribution in [3.8, 4) is 11.5 Å². The van der Waals surface area contributed by atoms with E-state index in [4.69, 9.17) is 14.5 Å². The molecular weight excluding hydrogens is 359 g/mol. The Morgan fingerprint density at radius 1 is 1.19 bits per heavy atom. The van der Waals surface area contributed by atoms with Crippen molar-refractivity contribution in [1.29, 1.82) is 0 Å². The number of hydrogen-bond donors (Lipinski definition) is 3. The summed E-state index contributed by atoms with van der Waals surface area (Å²) in [7, 11) is -2.99. The topological polar surface area (TPSA) is 121 Å². The molecule has 0 aliphatic rings. The molecule has 0 aliphatic heterocycles. The fourth-order valence-corrected chi connectivity index (χ4v) is 2.85. The van der Waals surface area contributed by atoms with Gasteiger partial charge in [0.05, 0.1) is 24.2 Å². The van der Waals surface area contributed by atoms with Crippen LogP contribution in [-0.2, 0) is 15.7 Å². The highest BCUT2D eigenvalue weighted by Gasteiger charge is 2.15. The Morgan fingerprint density at radius 2 is 1.81 bits per heavy atom. The number of benzene rings is 1. The maximum Gasteiger partial charge on any atom is 0.469 e. The van der Waals surface area contributed by atoms with Gasteiger partial charge in [-0.15, -0.1) is 0 Å². The highest BCUT2D eigenvalue weighted by molar-refractivity contribution is 7.46. The van der Waals surface area contributed by atoms with Crippen molar-refractivity contribution in [2.45, 2.75) is 27.4 Å². The number of nitrogens with zero attached hydrogens (tertiary/aromatic N) is 2. The monoisotopic (exact) mass is 380 g/mol. The lowest BCUT2D eigenvalue weighted by atomic mass is 10.1. The van der Waals surface area contributed by atoms with Crippen molar-refractivity contribution in [3.05, 3.63) is 46.3 Å². The molecule has 1 heterocycles. The van der Waals surface area contributed by atoms with E-state index in [9.17, 15) is 9.67 Å². The number of ether oxygens (including phenoxy) is 1. The summed E-state index contributed by atoms with van der Waals surface area (Å²) in [6.07, 6.45) is 1.46. The molecule has 0 spiro atoms. The number of hydrogen-bond acceptors (Lipinski definition) is 6. The van der Waals surface area contributed by atoms with Gasteiger partial charge in [0.15, 0.2) is 0 Å². The minimum atomic E-state index is -4.60. The molecule has 26 heavy (non-hydrogen) atoms. The lowest BCUT2D eigenvalue weighted by molar-refractivity contribution is 0.187. The number of methoxy groups -OCH3 is 1. The predicted molar refractivity (Wildman–Crippen MR) is 97.2 cm³/mol. The molecule has 0 saturated heterocycles. The van der Waals surface area contributed by atoms with E-state index >= 15 is 0 Å². The first-order valence-corrected chi connectivity index (χ1v) is 9.22. The zero-order chi connectivity index (χ0) is 19.5. The second kappa shape index (κ2) is 7.97. The van der Waals surface area contributed by atoms with E-state index in [1.165, 1.54) is 12.3 Å². The number of pyridine rings is 1. The van der Waals surface area contributed by atoms with Gasteiger partial charge < -0.3 is 19.6 Å². The highest BCUT2D eigenvalue weighted by atomic mass is 31.2. The zero-order valence-electron chi connectivity index (χ0n) is 14.9. The van der Waals surface area contributed by atoms with Gasteiger partial charge in [0.25, 0.3) is 0 Å². The lowest BCUT2D eigenvalue weighted by Gasteiger charge is -2.10. The summed E-state index contributed by atoms with van der Waals surface area (Å²) in [6.45, 7) is 5.02. The number of rotatable bonds is 6. The first-order valence-electron chi connectivity index (χ1n) is 7.69. The van der Waals surface area contributed by atoms with Gasteiger partial charge in [-0.25, -0.2) is 4.57 Å². The quantitative estimate of drug-likeness (QED) is 0.520. The number of aliphatic imine (C=N–C) groups is 1. The Kier molecular flexibility index (Phi) is 6.15. The van der Waals surface area contributed by atoms with Gasteiger partial charge in [-0.1, -0.05) is 0 Å². The molecule has 1 aromatic heterocycles. The largest absolute Gasteiger partial charge is 0.505 e. The van der Waals surface area contributed by atoms with Crippen molar-refractivity contribution in [1.82, 2.24) is 4.98 Å². The molecule has 8 nitrogen and oxygen atoms in total. The maximum absolute atomic E-state index is 10.8. The molecule has 0 amide bonds. The average molecular weight is 380 g/mol. The zero-order valence-corrected chi connectivity index (χ0v) is 15.8. The van der Waals surface area contributed by atoms with Crippen LogP contribution < -0.4 is 4.74 Å². The van der Waals surface area contributed by atoms with Gasteiger partial charge in [0.1, 0.15) is 18.1 Å². The van der Waals surface area contributed by atoms with Gasteiger partial charge in [0.2, 0.25) is 0 Å². The molecule has 0 radical (unpaired) electrons. The first-order chi connectivity index (χ1) is 12.1. The molecule has 0 fully saturated rings. The number of phosphoric acid groups is 1. The van der Waals surface area contributed by atoms with E-state index in [2.05, 4.69) is 14.5 Å². The predicted octanol–water partition coefficient (Wildman–Crippen LogP) is 3.08. The van der Waals surface area contributed by atoms with Gasteiger partial charge in [0, 0.05) is 11.8 Å². The summed E-state index contributed by atoms with van der Waals surface area (Å²) < 4.78 is 20.6. The van der Waals surface area contributed by atoms with Crippen LogP contribution in [-0.4, -0.2) is 33.2 Å². The summed E-state index contributed by atoms with van der Waals surface area (Å²) in [5.41, 5.74) is 3.50. The third-order valence-electron chi connectivity index (χ3n) is 3.63. The molecule has 0 saturated carbocycles. The van der Waals surface area contributed by atoms with E-state index in [0.717, 1.165) is 16.9 Å². The van der Waals surface area contributed by atoms with Gasteiger partial charge in [-0.2, -0.15) is 0 Å². The second-order valence-corrected chi connectivity index (χ2v) is 7.01. The van der Waals surface area contributed by atoms with Crippen molar-refractivity contribution >= 4 is 19.7 Å². The van der Waals surface area contributed by atoms with Gasteiger partial charge >= 0.3 is 7.82 Å². The molecular formula is C17H21N2O6P. The molecule has 2 aromatic rings. The molecule has 9 heteroatoms. The maximum atomic E-state index is 10.8. The smallest absolute Gasteiger partial charge is 0.469 e. The normalized spacial score (nSPS) is 11.9. The van der Waals surface area contributed by atoms with E-state index in [-0.39, 0.29) is 18.1 Å². The number of aryl methyl sites for hydroxylation is 3. The minimum absolute atomic E-state index is 0.0596. The molecule has 0 bridgehead atoms. The van der Waals surface area contributed by atoms with Crippen LogP contribution in [0.15, 0.2) is 23.2 Å². The second-order valence-electron chi connectivity index (χ2n) is 5.77. The van der Waals surface area contributed by atoms with Gasteiger partial charge in [-0.05, 0) is 50.1 Å². The van der Waals surface area contributed by atoms with Crippen LogP contribution in [0.4, 0.5) is 5.69 Å². The SMILES string of the molecule is COc1c(C)cc(N=Cc2cc(COP(=O)(O)O)nc(C)c2O)cc1C. The van der Waals surface area contributed by atoms with E-state index < -0.39 is 7.82 Å². The fraction of sp³-hybridized carbons (Fsp3) is 0.294. The molecule has 140 valence electrons. The van der Waals surface area contributed by atoms with Crippen molar-refractivity contribution in [2.24, 2.45) is 4.99 Å². The molecule has 3 N–H and O–H groups in total. The summed E-state index contributed by atoms with van der Waals surface area (Å²) in [5.74, 6) is 0.735. The first kappa shape index (κ1) is 20.1. The van der Waals surface area contributed by atoms with Crippen molar-refractivity contribution in [2.75, 3.05) is 7.11 Å². The summed E-state index contributed by atoms with van der Waals surface area (Å²) >= 11 is 0. The molecule has 1 aromatic carbocycles. The molecule has 2 rings (SSSR count). The molecule has 0 aliphatic carbocycles. The standard InChI is InChI=1S/C17H21N2O6P/c1-10-5-14(6-11(2)17(10)24-4)18-8-13-7-15(9-25-26(21,22)23)19-12(3)16(13)20/h5-8,20H,9H2,1-4H3,(H2,21,22,23). The molecule has 0 unspecified atom stereocenters. The molecule has 0 atom stereocenters. The Hall–Kier alpha value is -2.25. The summed E-state index contributed by atoms with van der Waals surface area (Å²) in [4.78, 5) is 26.0. The Bertz CT molecular complexity index is 868. The Balaban J connectivity index is 2.32. The van der Waals surface area contributed by atoms with Crippen LogP contribution in [0.5, 0.6) is 11.5 Å². The summed E-state index contributed by atoms with van der Waals surface area (Å²) in [5, 5.41) is 10.2. The number of aromatic nitrogens is 1. The van der Waals surface area contributed by atoms with E-state index in [0.29, 0.717) is 16.9 Å². The average Bonchev–Trinajstić information content (AvgIpc) is 2.53. The number of aromatic hydroxyl groups is 1. The van der Waals surface area contributed by atoms with Crippen LogP contribution >= 0.6 is 7.82 Å². The van der Waals surface area contributed by atoms with Crippen LogP contribution in [0.3, 0.4) is 0 Å².